The van der Waals surface area contributed by atoms with Gasteiger partial charge in [-0.3, -0.25) is 9.59 Å². The van der Waals surface area contributed by atoms with E-state index in [1.165, 1.54) is 29.9 Å². The number of carbonyl (C=O) groups is 2. The van der Waals surface area contributed by atoms with Crippen molar-refractivity contribution in [3.05, 3.63) is 59.0 Å². The monoisotopic (exact) mass is 440 g/mol. The molecule has 2 amide bonds. The summed E-state index contributed by atoms with van der Waals surface area (Å²) in [7, 11) is 3.05. The lowest BCUT2D eigenvalue weighted by atomic mass is 10.0. The van der Waals surface area contributed by atoms with E-state index in [9.17, 15) is 9.59 Å². The van der Waals surface area contributed by atoms with Crippen LogP contribution in [0.3, 0.4) is 0 Å². The molecule has 1 atom stereocenters. The summed E-state index contributed by atoms with van der Waals surface area (Å²) < 4.78 is 11.7. The lowest BCUT2D eigenvalue weighted by molar-refractivity contribution is -0.123. The van der Waals surface area contributed by atoms with Crippen molar-refractivity contribution in [3.63, 3.8) is 0 Å². The van der Waals surface area contributed by atoms with E-state index >= 15 is 0 Å². The van der Waals surface area contributed by atoms with Crippen LogP contribution in [0.2, 0.25) is 0 Å². The molecule has 0 fully saturated rings. The highest BCUT2D eigenvalue weighted by Crippen LogP contribution is 2.26. The highest BCUT2D eigenvalue weighted by atomic mass is 32.1. The molecule has 2 aromatic carbocycles. The smallest absolute Gasteiger partial charge is 0.252 e. The number of fused-ring (bicyclic) bond motifs is 1. The van der Waals surface area contributed by atoms with Crippen molar-refractivity contribution in [2.24, 2.45) is 5.92 Å². The first kappa shape index (κ1) is 22.6. The fourth-order valence-corrected chi connectivity index (χ4v) is 4.35. The van der Waals surface area contributed by atoms with Crippen molar-refractivity contribution in [3.8, 4) is 11.5 Å². The van der Waals surface area contributed by atoms with Gasteiger partial charge in [-0.2, -0.15) is 0 Å². The number of thiophene rings is 1. The third-order valence-corrected chi connectivity index (χ3v) is 6.12. The van der Waals surface area contributed by atoms with E-state index in [0.717, 1.165) is 6.42 Å². The van der Waals surface area contributed by atoms with Crippen molar-refractivity contribution >= 4 is 33.2 Å². The van der Waals surface area contributed by atoms with Gasteiger partial charge >= 0.3 is 0 Å². The first-order valence-corrected chi connectivity index (χ1v) is 11.1. The second-order valence-corrected chi connectivity index (χ2v) is 8.51. The van der Waals surface area contributed by atoms with Crippen LogP contribution in [0.5, 0.6) is 11.5 Å². The van der Waals surface area contributed by atoms with Gasteiger partial charge in [-0.1, -0.05) is 32.0 Å². The fraction of sp³-hybridized carbons (Fsp3) is 0.333. The third kappa shape index (κ3) is 5.55. The third-order valence-electron chi connectivity index (χ3n) is 5.10. The Bertz CT molecular complexity index is 1040. The average Bonchev–Trinajstić information content (AvgIpc) is 3.19. The molecule has 0 saturated heterocycles. The van der Waals surface area contributed by atoms with Gasteiger partial charge in [0.15, 0.2) is 0 Å². The molecule has 0 aliphatic rings. The molecule has 3 rings (SSSR count). The molecule has 0 spiro atoms. The summed E-state index contributed by atoms with van der Waals surface area (Å²) in [4.78, 5) is 25.6. The molecule has 0 aliphatic carbocycles. The Hall–Kier alpha value is -3.06. The Kier molecular flexibility index (Phi) is 7.52. The number of hydrogen-bond donors (Lipinski definition) is 2. The summed E-state index contributed by atoms with van der Waals surface area (Å²) in [5.41, 5.74) is 1.59. The van der Waals surface area contributed by atoms with Gasteiger partial charge in [0.05, 0.1) is 14.2 Å². The summed E-state index contributed by atoms with van der Waals surface area (Å²) >= 11 is 1.71. The maximum absolute atomic E-state index is 12.8. The largest absolute Gasteiger partial charge is 0.497 e. The SMILES string of the molecule is COc1cc(OC)cc(C(=O)NC(C(=O)NCCc2csc3ccccc23)C(C)C)c1. The van der Waals surface area contributed by atoms with Gasteiger partial charge in [0.1, 0.15) is 17.5 Å². The van der Waals surface area contributed by atoms with Crippen LogP contribution in [-0.2, 0) is 11.2 Å². The molecule has 0 saturated carbocycles. The Morgan fingerprint density at radius 2 is 1.71 bits per heavy atom. The molecular formula is C24H28N2O4S. The molecular weight excluding hydrogens is 412 g/mol. The van der Waals surface area contributed by atoms with Crippen LogP contribution >= 0.6 is 11.3 Å². The van der Waals surface area contributed by atoms with E-state index < -0.39 is 6.04 Å². The molecule has 1 unspecified atom stereocenters. The minimum absolute atomic E-state index is 0.0709. The van der Waals surface area contributed by atoms with E-state index in [-0.39, 0.29) is 17.7 Å². The Morgan fingerprint density at radius 3 is 2.35 bits per heavy atom. The second kappa shape index (κ2) is 10.3. The van der Waals surface area contributed by atoms with Gasteiger partial charge in [0.2, 0.25) is 5.91 Å². The maximum Gasteiger partial charge on any atom is 0.252 e. The van der Waals surface area contributed by atoms with E-state index in [1.54, 1.807) is 29.5 Å². The fourth-order valence-electron chi connectivity index (χ4n) is 3.35. The summed E-state index contributed by atoms with van der Waals surface area (Å²) in [6.07, 6.45) is 0.738. The number of benzene rings is 2. The van der Waals surface area contributed by atoms with Gasteiger partial charge < -0.3 is 20.1 Å². The molecule has 0 aliphatic heterocycles. The summed E-state index contributed by atoms with van der Waals surface area (Å²) in [6.45, 7) is 4.32. The molecule has 2 N–H and O–H groups in total. The lowest BCUT2D eigenvalue weighted by Crippen LogP contribution is -2.50. The van der Waals surface area contributed by atoms with Crippen LogP contribution in [-0.4, -0.2) is 38.6 Å². The normalized spacial score (nSPS) is 11.9. The van der Waals surface area contributed by atoms with Crippen LogP contribution < -0.4 is 20.1 Å². The van der Waals surface area contributed by atoms with Gasteiger partial charge in [-0.25, -0.2) is 0 Å². The molecule has 7 heteroatoms. The number of methoxy groups -OCH3 is 2. The summed E-state index contributed by atoms with van der Waals surface area (Å²) in [6, 6.07) is 12.5. The predicted octanol–water partition coefficient (Wildman–Crippen LogP) is 4.03. The number of carbonyl (C=O) groups excluding carboxylic acids is 2. The molecule has 0 bridgehead atoms. The number of amides is 2. The van der Waals surface area contributed by atoms with Crippen molar-refractivity contribution in [1.29, 1.82) is 0 Å². The van der Waals surface area contributed by atoms with Crippen molar-refractivity contribution in [2.45, 2.75) is 26.3 Å². The van der Waals surface area contributed by atoms with Crippen LogP contribution in [0.15, 0.2) is 47.8 Å². The lowest BCUT2D eigenvalue weighted by Gasteiger charge is -2.22. The van der Waals surface area contributed by atoms with Crippen molar-refractivity contribution in [2.75, 3.05) is 20.8 Å². The average molecular weight is 441 g/mol. The molecule has 0 radical (unpaired) electrons. The first-order valence-electron chi connectivity index (χ1n) is 10.2. The van der Waals surface area contributed by atoms with Crippen molar-refractivity contribution in [1.82, 2.24) is 10.6 Å². The van der Waals surface area contributed by atoms with Gasteiger partial charge in [-0.15, -0.1) is 11.3 Å². The highest BCUT2D eigenvalue weighted by Gasteiger charge is 2.25. The van der Waals surface area contributed by atoms with Crippen LogP contribution in [0.4, 0.5) is 0 Å². The molecule has 1 aromatic heterocycles. The standard InChI is InChI=1S/C24H28N2O4S/c1-15(2)22(26-23(27)17-11-18(29-3)13-19(12-17)30-4)24(28)25-10-9-16-14-31-21-8-6-5-7-20(16)21/h5-8,11-15,22H,9-10H2,1-4H3,(H,25,28)(H,26,27). The summed E-state index contributed by atoms with van der Waals surface area (Å²) in [5.74, 6) is 0.405. The molecule has 3 aromatic rings. The topological polar surface area (TPSA) is 76.7 Å². The zero-order chi connectivity index (χ0) is 22.4. The number of rotatable bonds is 9. The van der Waals surface area contributed by atoms with E-state index in [1.807, 2.05) is 26.0 Å². The van der Waals surface area contributed by atoms with Crippen LogP contribution in [0.25, 0.3) is 10.1 Å². The zero-order valence-electron chi connectivity index (χ0n) is 18.2. The zero-order valence-corrected chi connectivity index (χ0v) is 19.0. The molecule has 6 nitrogen and oxygen atoms in total. The van der Waals surface area contributed by atoms with Crippen molar-refractivity contribution < 1.29 is 19.1 Å². The van der Waals surface area contributed by atoms with E-state index in [4.69, 9.17) is 9.47 Å². The Morgan fingerprint density at radius 1 is 1.03 bits per heavy atom. The maximum atomic E-state index is 12.8. The molecule has 1 heterocycles. The quantitative estimate of drug-likeness (QED) is 0.527. The number of hydrogen-bond acceptors (Lipinski definition) is 5. The number of ether oxygens (including phenoxy) is 2. The second-order valence-electron chi connectivity index (χ2n) is 7.59. The Labute approximate surface area is 186 Å². The van der Waals surface area contributed by atoms with Crippen LogP contribution in [0.1, 0.15) is 29.8 Å². The minimum atomic E-state index is -0.649. The predicted molar refractivity (Wildman–Crippen MR) is 124 cm³/mol. The van der Waals surface area contributed by atoms with Gasteiger partial charge in [0.25, 0.3) is 5.91 Å². The van der Waals surface area contributed by atoms with Gasteiger partial charge in [0, 0.05) is 22.9 Å². The Balaban J connectivity index is 1.63. The van der Waals surface area contributed by atoms with E-state index in [2.05, 4.69) is 28.1 Å². The summed E-state index contributed by atoms with van der Waals surface area (Å²) in [5, 5.41) is 9.18. The van der Waals surface area contributed by atoms with Gasteiger partial charge in [-0.05, 0) is 46.9 Å². The minimum Gasteiger partial charge on any atom is -0.497 e. The highest BCUT2D eigenvalue weighted by molar-refractivity contribution is 7.17. The van der Waals surface area contributed by atoms with E-state index in [0.29, 0.717) is 23.6 Å². The molecule has 31 heavy (non-hydrogen) atoms. The van der Waals surface area contributed by atoms with Crippen LogP contribution in [0, 0.1) is 5.92 Å². The number of nitrogens with one attached hydrogen (secondary N) is 2. The first-order chi connectivity index (χ1) is 14.9. The molecule has 164 valence electrons.